The van der Waals surface area contributed by atoms with Gasteiger partial charge in [0, 0.05) is 23.9 Å². The second-order valence-electron chi connectivity index (χ2n) is 6.26. The number of nitrogens with one attached hydrogen (secondary N) is 1. The zero-order valence-corrected chi connectivity index (χ0v) is 16.9. The molecule has 0 saturated heterocycles. The molecule has 7 heteroatoms. The minimum atomic E-state index is -3.34. The van der Waals surface area contributed by atoms with E-state index >= 15 is 0 Å². The molecule has 2 rings (SSSR count). The van der Waals surface area contributed by atoms with Crippen molar-refractivity contribution < 1.29 is 17.9 Å². The number of hydrogen-bond acceptors (Lipinski definition) is 4. The lowest BCUT2D eigenvalue weighted by Crippen LogP contribution is -2.32. The first kappa shape index (κ1) is 20.8. The molecule has 146 valence electrons. The van der Waals surface area contributed by atoms with Crippen LogP contribution in [0.15, 0.2) is 48.5 Å². The standard InChI is InChI=1S/C20H26N2O4S/c1-5-22(27(24,25)6-2)18-12-10-16(11-13-18)20(23)21-17-8-7-9-19(14-17)26-15(3)4/h7-15H,5-6H2,1-4H3,(H,21,23). The summed E-state index contributed by atoms with van der Waals surface area (Å²) >= 11 is 0. The molecular weight excluding hydrogens is 364 g/mol. The third-order valence-corrected chi connectivity index (χ3v) is 5.74. The van der Waals surface area contributed by atoms with Crippen LogP contribution in [0.1, 0.15) is 38.1 Å². The number of anilines is 2. The Hall–Kier alpha value is -2.54. The highest BCUT2D eigenvalue weighted by molar-refractivity contribution is 7.92. The predicted octanol–water partition coefficient (Wildman–Crippen LogP) is 3.90. The van der Waals surface area contributed by atoms with Gasteiger partial charge >= 0.3 is 0 Å². The van der Waals surface area contributed by atoms with E-state index in [4.69, 9.17) is 4.74 Å². The lowest BCUT2D eigenvalue weighted by atomic mass is 10.2. The van der Waals surface area contributed by atoms with Crippen LogP contribution in [0.25, 0.3) is 0 Å². The van der Waals surface area contributed by atoms with Crippen molar-refractivity contribution in [1.82, 2.24) is 0 Å². The van der Waals surface area contributed by atoms with Crippen molar-refractivity contribution in [2.45, 2.75) is 33.8 Å². The molecule has 2 aromatic rings. The maximum Gasteiger partial charge on any atom is 0.255 e. The monoisotopic (exact) mass is 390 g/mol. The highest BCUT2D eigenvalue weighted by Crippen LogP contribution is 2.21. The topological polar surface area (TPSA) is 75.7 Å². The molecule has 2 aromatic carbocycles. The van der Waals surface area contributed by atoms with E-state index in [1.165, 1.54) is 4.31 Å². The quantitative estimate of drug-likeness (QED) is 0.742. The molecule has 0 saturated carbocycles. The van der Waals surface area contributed by atoms with Gasteiger partial charge in [0.05, 0.1) is 17.5 Å². The van der Waals surface area contributed by atoms with Crippen LogP contribution in [0, 0.1) is 0 Å². The van der Waals surface area contributed by atoms with Crippen LogP contribution in [0.5, 0.6) is 5.75 Å². The Bertz CT molecular complexity index is 877. The van der Waals surface area contributed by atoms with E-state index in [9.17, 15) is 13.2 Å². The Labute approximate surface area is 161 Å². The Kier molecular flexibility index (Phi) is 6.85. The van der Waals surface area contributed by atoms with Gasteiger partial charge in [-0.25, -0.2) is 8.42 Å². The van der Waals surface area contributed by atoms with Crippen LogP contribution in [-0.4, -0.2) is 32.7 Å². The van der Waals surface area contributed by atoms with Crippen molar-refractivity contribution in [3.05, 3.63) is 54.1 Å². The zero-order valence-electron chi connectivity index (χ0n) is 16.1. The minimum Gasteiger partial charge on any atom is -0.491 e. The van der Waals surface area contributed by atoms with Crippen LogP contribution in [0.3, 0.4) is 0 Å². The minimum absolute atomic E-state index is 0.0257. The average Bonchev–Trinajstić information content (AvgIpc) is 2.62. The number of nitrogens with zero attached hydrogens (tertiary/aromatic N) is 1. The molecule has 27 heavy (non-hydrogen) atoms. The maximum atomic E-state index is 12.5. The molecule has 0 aromatic heterocycles. The van der Waals surface area contributed by atoms with Crippen molar-refractivity contribution in [1.29, 1.82) is 0 Å². The number of amides is 1. The number of rotatable bonds is 8. The van der Waals surface area contributed by atoms with Crippen LogP contribution in [0.2, 0.25) is 0 Å². The smallest absolute Gasteiger partial charge is 0.255 e. The van der Waals surface area contributed by atoms with Gasteiger partial charge in [-0.15, -0.1) is 0 Å². The van der Waals surface area contributed by atoms with Gasteiger partial charge in [-0.3, -0.25) is 9.10 Å². The molecule has 0 spiro atoms. The number of benzene rings is 2. The Balaban J connectivity index is 2.14. The molecule has 0 atom stereocenters. The van der Waals surface area contributed by atoms with Gasteiger partial charge in [-0.05, 0) is 64.1 Å². The van der Waals surface area contributed by atoms with Gasteiger partial charge in [0.2, 0.25) is 10.0 Å². The summed E-state index contributed by atoms with van der Waals surface area (Å²) in [7, 11) is -3.34. The highest BCUT2D eigenvalue weighted by atomic mass is 32.2. The summed E-state index contributed by atoms with van der Waals surface area (Å²) in [5.74, 6) is 0.434. The second-order valence-corrected chi connectivity index (χ2v) is 8.44. The average molecular weight is 391 g/mol. The Morgan fingerprint density at radius 1 is 1.11 bits per heavy atom. The zero-order chi connectivity index (χ0) is 20.0. The van der Waals surface area contributed by atoms with Gasteiger partial charge in [0.1, 0.15) is 5.75 Å². The third kappa shape index (κ3) is 5.47. The maximum absolute atomic E-state index is 12.5. The molecule has 0 aliphatic rings. The SMILES string of the molecule is CCN(c1ccc(C(=O)Nc2cccc(OC(C)C)c2)cc1)S(=O)(=O)CC. The first-order valence-electron chi connectivity index (χ1n) is 8.95. The Morgan fingerprint density at radius 3 is 2.33 bits per heavy atom. The predicted molar refractivity (Wildman–Crippen MR) is 109 cm³/mol. The number of carbonyl (C=O) groups excluding carboxylic acids is 1. The van der Waals surface area contributed by atoms with E-state index in [1.807, 2.05) is 26.0 Å². The molecule has 6 nitrogen and oxygen atoms in total. The second kappa shape index (κ2) is 8.90. The molecule has 0 aliphatic carbocycles. The summed E-state index contributed by atoms with van der Waals surface area (Å²) in [6.45, 7) is 7.59. The third-order valence-electron chi connectivity index (χ3n) is 3.87. The number of hydrogen-bond donors (Lipinski definition) is 1. The van der Waals surface area contributed by atoms with Crippen molar-refractivity contribution in [3.63, 3.8) is 0 Å². The summed E-state index contributed by atoms with van der Waals surface area (Å²) in [5, 5.41) is 2.83. The number of ether oxygens (including phenoxy) is 1. The van der Waals surface area contributed by atoms with Gasteiger partial charge in [0.15, 0.2) is 0 Å². The van der Waals surface area contributed by atoms with Crippen molar-refractivity contribution in [2.75, 3.05) is 21.9 Å². The van der Waals surface area contributed by atoms with Crippen molar-refractivity contribution >= 4 is 27.3 Å². The molecule has 0 aliphatic heterocycles. The number of sulfonamides is 1. The molecule has 0 fully saturated rings. The summed E-state index contributed by atoms with van der Waals surface area (Å²) < 4.78 is 31.2. The summed E-state index contributed by atoms with van der Waals surface area (Å²) in [4.78, 5) is 12.5. The summed E-state index contributed by atoms with van der Waals surface area (Å²) in [6.07, 6.45) is 0.0457. The fourth-order valence-corrected chi connectivity index (χ4v) is 3.75. The van der Waals surface area contributed by atoms with E-state index in [0.717, 1.165) is 0 Å². The normalized spacial score (nSPS) is 11.3. The van der Waals surface area contributed by atoms with Crippen LogP contribution in [-0.2, 0) is 10.0 Å². The fraction of sp³-hybridized carbons (Fsp3) is 0.350. The lowest BCUT2D eigenvalue weighted by Gasteiger charge is -2.22. The van der Waals surface area contributed by atoms with E-state index in [1.54, 1.807) is 50.2 Å². The molecular formula is C20H26N2O4S. The van der Waals surface area contributed by atoms with Crippen molar-refractivity contribution in [3.8, 4) is 5.75 Å². The van der Waals surface area contributed by atoms with E-state index in [2.05, 4.69) is 5.32 Å². The van der Waals surface area contributed by atoms with Crippen LogP contribution in [0.4, 0.5) is 11.4 Å². The van der Waals surface area contributed by atoms with Crippen molar-refractivity contribution in [2.24, 2.45) is 0 Å². The molecule has 0 unspecified atom stereocenters. The summed E-state index contributed by atoms with van der Waals surface area (Å²) in [5.41, 5.74) is 1.62. The first-order chi connectivity index (χ1) is 12.8. The lowest BCUT2D eigenvalue weighted by molar-refractivity contribution is 0.102. The van der Waals surface area contributed by atoms with Gasteiger partial charge in [-0.1, -0.05) is 6.07 Å². The fourth-order valence-electron chi connectivity index (χ4n) is 2.60. The first-order valence-corrected chi connectivity index (χ1v) is 10.6. The largest absolute Gasteiger partial charge is 0.491 e. The molecule has 1 N–H and O–H groups in total. The van der Waals surface area contributed by atoms with Crippen LogP contribution < -0.4 is 14.4 Å². The van der Waals surface area contributed by atoms with E-state index in [-0.39, 0.29) is 17.8 Å². The van der Waals surface area contributed by atoms with Gasteiger partial charge < -0.3 is 10.1 Å². The Morgan fingerprint density at radius 2 is 1.78 bits per heavy atom. The number of carbonyl (C=O) groups is 1. The van der Waals surface area contributed by atoms with Gasteiger partial charge in [-0.2, -0.15) is 0 Å². The van der Waals surface area contributed by atoms with E-state index in [0.29, 0.717) is 29.2 Å². The molecule has 0 bridgehead atoms. The molecule has 0 heterocycles. The van der Waals surface area contributed by atoms with E-state index < -0.39 is 10.0 Å². The summed E-state index contributed by atoms with van der Waals surface area (Å²) in [6, 6.07) is 13.7. The van der Waals surface area contributed by atoms with Crippen LogP contribution >= 0.6 is 0 Å². The van der Waals surface area contributed by atoms with Gasteiger partial charge in [0.25, 0.3) is 5.91 Å². The molecule has 1 amide bonds. The molecule has 0 radical (unpaired) electrons. The highest BCUT2D eigenvalue weighted by Gasteiger charge is 2.19.